The Kier molecular flexibility index (Phi) is 9.38. The molecule has 0 radical (unpaired) electrons. The Morgan fingerprint density at radius 3 is 0.756 bits per heavy atom. The average molecular weight is 1010 g/mol. The van der Waals surface area contributed by atoms with E-state index in [9.17, 15) is 0 Å². The zero-order chi connectivity index (χ0) is 52.7. The molecule has 16 rings (SSSR count). The van der Waals surface area contributed by atoms with Gasteiger partial charge in [-0.05, 0) is 210 Å². The fourth-order valence-electron chi connectivity index (χ4n) is 14.7. The van der Waals surface area contributed by atoms with Crippen molar-refractivity contribution in [1.29, 1.82) is 0 Å². The van der Waals surface area contributed by atoms with Crippen LogP contribution in [-0.2, 0) is 0 Å². The van der Waals surface area contributed by atoms with E-state index in [0.29, 0.717) is 0 Å². The van der Waals surface area contributed by atoms with Gasteiger partial charge in [0.1, 0.15) is 69.0 Å². The Hall–Kier alpha value is -8.81. The summed E-state index contributed by atoms with van der Waals surface area (Å²) in [5, 5.41) is 0. The first kappa shape index (κ1) is 45.4. The highest BCUT2D eigenvalue weighted by atomic mass is 16.5. The largest absolute Gasteiger partial charge is 0.458 e. The van der Waals surface area contributed by atoms with Gasteiger partial charge in [0.15, 0.2) is 0 Å². The highest BCUT2D eigenvalue weighted by Crippen LogP contribution is 2.46. The van der Waals surface area contributed by atoms with Crippen molar-refractivity contribution in [2.75, 3.05) is 0 Å². The highest BCUT2D eigenvalue weighted by Gasteiger charge is 2.48. The van der Waals surface area contributed by atoms with Crippen molar-refractivity contribution in [3.63, 3.8) is 0 Å². The molecule has 372 valence electrons. The van der Waals surface area contributed by atoms with Crippen molar-refractivity contribution in [2.45, 2.75) is 62.3 Å². The van der Waals surface area contributed by atoms with Gasteiger partial charge in [0.2, 0.25) is 0 Å². The molecule has 9 heteroatoms. The van der Waals surface area contributed by atoms with Crippen LogP contribution in [0.3, 0.4) is 0 Å². The molecule has 0 N–H and O–H groups in total. The monoisotopic (exact) mass is 1010 g/mol. The fraction of sp³-hybridized carbons (Fsp3) is 0.130. The van der Waals surface area contributed by atoms with Crippen molar-refractivity contribution in [1.82, 2.24) is 0 Å². The summed E-state index contributed by atoms with van der Waals surface area (Å²) in [7, 11) is 0. The van der Waals surface area contributed by atoms with E-state index in [1.54, 1.807) is 0 Å². The maximum atomic E-state index is 7.29. The minimum Gasteiger partial charge on any atom is -0.458 e. The van der Waals surface area contributed by atoms with Gasteiger partial charge in [-0.15, -0.1) is 0 Å². The molecule has 0 aliphatic carbocycles. The zero-order valence-electron chi connectivity index (χ0n) is 45.0. The molecule has 6 aliphatic heterocycles. The molecule has 0 fully saturated rings. The second-order valence-corrected chi connectivity index (χ2v) is 22.8. The molecule has 0 atom stereocenters. The van der Waals surface area contributed by atoms with Crippen LogP contribution in [0.2, 0.25) is 0 Å². The molecule has 0 amide bonds. The third-order valence-electron chi connectivity index (χ3n) is 17.4. The number of ether oxygens (including phenoxy) is 6. The van der Waals surface area contributed by atoms with Crippen LogP contribution in [-0.4, -0.2) is 20.1 Å². The lowest BCUT2D eigenvalue weighted by molar-refractivity contribution is 0.448. The van der Waals surface area contributed by atoms with Crippen molar-refractivity contribution in [3.8, 4) is 102 Å². The molecular formula is C69H51B3O6. The lowest BCUT2D eigenvalue weighted by Crippen LogP contribution is -2.63. The summed E-state index contributed by atoms with van der Waals surface area (Å²) >= 11 is 0. The Bertz CT molecular complexity index is 4100. The molecule has 78 heavy (non-hydrogen) atoms. The summed E-state index contributed by atoms with van der Waals surface area (Å²) in [5.74, 6) is 9.42. The first-order valence-electron chi connectivity index (χ1n) is 27.2. The van der Waals surface area contributed by atoms with Gasteiger partial charge in [-0.3, -0.25) is 0 Å². The number of benzene rings is 10. The number of rotatable bonds is 3. The van der Waals surface area contributed by atoms with Gasteiger partial charge in [0.25, 0.3) is 20.1 Å². The third-order valence-corrected chi connectivity index (χ3v) is 17.4. The summed E-state index contributed by atoms with van der Waals surface area (Å²) in [6.45, 7) is 19.0. The summed E-state index contributed by atoms with van der Waals surface area (Å²) in [6.07, 6.45) is 0. The summed E-state index contributed by atoms with van der Waals surface area (Å²) in [6, 6.07) is 52.7. The SMILES string of the molecule is Cc1cc(C)c(-c2cc3c4c(c2)Oc2cc5c(cc2B4c2ccccc2O3)B2c3cc4c(cc3Oc3cc(-c6c(C)cc(C)cc6C)cc(c32)O5)Oc2cc(-c3c(C)cc(C)cc3C)cc3c2B4c2ccccc2O3)c(C)c1. The third kappa shape index (κ3) is 6.48. The second kappa shape index (κ2) is 16.1. The normalized spacial score (nSPS) is 13.7. The molecule has 0 spiro atoms. The Morgan fingerprint density at radius 2 is 0.474 bits per heavy atom. The van der Waals surface area contributed by atoms with Crippen molar-refractivity contribution < 1.29 is 28.4 Å². The molecule has 0 saturated heterocycles. The van der Waals surface area contributed by atoms with Gasteiger partial charge in [0.05, 0.1) is 0 Å². The maximum Gasteiger partial charge on any atom is 0.260 e. The number of hydrogen-bond donors (Lipinski definition) is 0. The van der Waals surface area contributed by atoms with Crippen molar-refractivity contribution in [3.05, 3.63) is 196 Å². The quantitative estimate of drug-likeness (QED) is 0.164. The Morgan fingerprint density at radius 1 is 0.231 bits per heavy atom. The minimum atomic E-state index is -0.274. The Labute approximate surface area is 455 Å². The first-order valence-corrected chi connectivity index (χ1v) is 27.2. The predicted molar refractivity (Wildman–Crippen MR) is 318 cm³/mol. The molecule has 0 unspecified atom stereocenters. The molecule has 0 saturated carbocycles. The van der Waals surface area contributed by atoms with E-state index < -0.39 is 0 Å². The summed E-state index contributed by atoms with van der Waals surface area (Å²) < 4.78 is 42.7. The average Bonchev–Trinajstić information content (AvgIpc) is 3.48. The molecule has 0 aromatic heterocycles. The molecule has 6 nitrogen and oxygen atoms in total. The van der Waals surface area contributed by atoms with Gasteiger partial charge >= 0.3 is 0 Å². The van der Waals surface area contributed by atoms with E-state index in [0.717, 1.165) is 135 Å². The molecule has 0 bridgehead atoms. The molecule has 6 heterocycles. The molecule has 10 aromatic carbocycles. The summed E-state index contributed by atoms with van der Waals surface area (Å²) in [5.41, 5.74) is 27.1. The summed E-state index contributed by atoms with van der Waals surface area (Å²) in [4.78, 5) is 0. The van der Waals surface area contributed by atoms with E-state index in [1.165, 1.54) is 66.8 Å². The van der Waals surface area contributed by atoms with Crippen molar-refractivity contribution in [2.24, 2.45) is 0 Å². The van der Waals surface area contributed by atoms with Crippen LogP contribution >= 0.6 is 0 Å². The van der Waals surface area contributed by atoms with Gasteiger partial charge in [-0.1, -0.05) is 102 Å². The Balaban J connectivity index is 0.913. The fourth-order valence-corrected chi connectivity index (χ4v) is 14.7. The van der Waals surface area contributed by atoms with E-state index in [-0.39, 0.29) is 20.1 Å². The van der Waals surface area contributed by atoms with Gasteiger partial charge in [-0.25, -0.2) is 0 Å². The van der Waals surface area contributed by atoms with Gasteiger partial charge < -0.3 is 28.4 Å². The first-order chi connectivity index (χ1) is 37.8. The van der Waals surface area contributed by atoms with E-state index in [2.05, 4.69) is 208 Å². The standard InChI is InChI=1S/C69H51B3O6/c1-34-18-37(4)64(38(5)19-34)43-24-58-67-60(26-43)75-54-32-56-50(30-48(54)70(67)46-14-10-12-16-52(46)73-58)72-51-31-49-55(33-57(51)78-63-29-45(28-62(77-56)69(63)72)66-41(8)22-36(3)23-42(66)9)76-61-27-44(65-39(6)20-35(2)21-40(65)7)25-59-68(61)71(49)47-15-11-13-17-53(47)74-59/h10-33H,1-9H3. The van der Waals surface area contributed by atoms with Gasteiger partial charge in [0, 0.05) is 28.5 Å². The smallest absolute Gasteiger partial charge is 0.260 e. The maximum absolute atomic E-state index is 7.29. The molecule has 10 aromatic rings. The van der Waals surface area contributed by atoms with E-state index in [1.807, 2.05) is 0 Å². The molecular weight excluding hydrogens is 957 g/mol. The van der Waals surface area contributed by atoms with E-state index in [4.69, 9.17) is 28.4 Å². The lowest BCUT2D eigenvalue weighted by atomic mass is 9.30. The minimum absolute atomic E-state index is 0.165. The number of hydrogen-bond acceptors (Lipinski definition) is 6. The topological polar surface area (TPSA) is 55.4 Å². The van der Waals surface area contributed by atoms with Crippen LogP contribution < -0.4 is 77.6 Å². The zero-order valence-corrected chi connectivity index (χ0v) is 45.0. The van der Waals surface area contributed by atoms with Gasteiger partial charge in [-0.2, -0.15) is 0 Å². The van der Waals surface area contributed by atoms with Crippen LogP contribution in [0.1, 0.15) is 50.1 Å². The van der Waals surface area contributed by atoms with Crippen LogP contribution in [0.5, 0.6) is 69.0 Å². The second-order valence-electron chi connectivity index (χ2n) is 22.8. The van der Waals surface area contributed by atoms with E-state index >= 15 is 0 Å². The number of para-hydroxylation sites is 2. The number of aryl methyl sites for hydroxylation is 9. The molecule has 6 aliphatic rings. The van der Waals surface area contributed by atoms with Crippen LogP contribution in [0.4, 0.5) is 0 Å². The van der Waals surface area contributed by atoms with Crippen LogP contribution in [0.15, 0.2) is 146 Å². The number of fused-ring (bicyclic) bond motifs is 12. The lowest BCUT2D eigenvalue weighted by Gasteiger charge is -2.38. The van der Waals surface area contributed by atoms with Crippen LogP contribution in [0, 0.1) is 62.3 Å². The predicted octanol–water partition coefficient (Wildman–Crippen LogP) is 11.6. The van der Waals surface area contributed by atoms with Crippen LogP contribution in [0.25, 0.3) is 33.4 Å². The van der Waals surface area contributed by atoms with Crippen molar-refractivity contribution >= 4 is 69.3 Å². The highest BCUT2D eigenvalue weighted by molar-refractivity contribution is 7.02.